The van der Waals surface area contributed by atoms with Crippen molar-refractivity contribution in [2.45, 2.75) is 58.0 Å². The number of likely N-dealkylation sites (tertiary alicyclic amines) is 1. The number of rotatable bonds is 6. The summed E-state index contributed by atoms with van der Waals surface area (Å²) in [6.45, 7) is 4.88. The number of carbonyl (C=O) groups is 4. The Bertz CT molecular complexity index is 1410. The lowest BCUT2D eigenvalue weighted by Crippen LogP contribution is -2.69. The van der Waals surface area contributed by atoms with E-state index in [1.807, 2.05) is 17.9 Å². The fourth-order valence-electron chi connectivity index (χ4n) is 9.71. The largest absolute Gasteiger partial charge is 0.458 e. The Morgan fingerprint density at radius 2 is 1.83 bits per heavy atom. The molecule has 1 aromatic carbocycles. The first-order valence-electron chi connectivity index (χ1n) is 14.7. The molecule has 0 spiro atoms. The van der Waals surface area contributed by atoms with Gasteiger partial charge in [0.1, 0.15) is 6.17 Å². The Labute approximate surface area is 244 Å². The fourth-order valence-corrected chi connectivity index (χ4v) is 9.71. The standard InChI is InChI=1S/C33H37F2NO6/c1-19(37)42-17-29(41)32-18-36(16-27(39)20-7-5-4-6-8-20)15-21(32)11-23-24-13-26(34)25-12-22(38)9-10-30(25,2)33(24,35)28(40)14-31(23,32)3/h4-10,12,21,23-24,26,28,40H,11,13-18H2,1-3H3/t21-,23-,24-,26-,28-,30-,31-,32+,33-/m0/s1. The van der Waals surface area contributed by atoms with E-state index in [0.717, 1.165) is 6.08 Å². The molecule has 4 fully saturated rings. The van der Waals surface area contributed by atoms with E-state index >= 15 is 8.78 Å². The van der Waals surface area contributed by atoms with Gasteiger partial charge in [-0.1, -0.05) is 43.3 Å². The molecule has 0 bridgehead atoms. The summed E-state index contributed by atoms with van der Waals surface area (Å²) < 4.78 is 38.6. The van der Waals surface area contributed by atoms with Crippen molar-refractivity contribution in [1.29, 1.82) is 0 Å². The quantitative estimate of drug-likeness (QED) is 0.402. The maximum Gasteiger partial charge on any atom is 0.303 e. The molecule has 0 radical (unpaired) electrons. The number of hydrogen-bond acceptors (Lipinski definition) is 7. The molecule has 9 atom stereocenters. The van der Waals surface area contributed by atoms with Crippen molar-refractivity contribution in [2.24, 2.45) is 34.0 Å². The molecule has 7 nitrogen and oxygen atoms in total. The van der Waals surface area contributed by atoms with Crippen LogP contribution in [0, 0.1) is 34.0 Å². The zero-order chi connectivity index (χ0) is 30.2. The summed E-state index contributed by atoms with van der Waals surface area (Å²) in [6.07, 6.45) is 0.853. The van der Waals surface area contributed by atoms with E-state index in [1.54, 1.807) is 31.2 Å². The van der Waals surface area contributed by atoms with Crippen LogP contribution in [0.15, 0.2) is 54.1 Å². The van der Waals surface area contributed by atoms with E-state index in [-0.39, 0.29) is 49.0 Å². The second kappa shape index (κ2) is 9.74. The first-order valence-corrected chi connectivity index (χ1v) is 14.7. The number of hydrogen-bond donors (Lipinski definition) is 1. The summed E-state index contributed by atoms with van der Waals surface area (Å²) in [7, 11) is 0. The summed E-state index contributed by atoms with van der Waals surface area (Å²) in [6, 6.07) is 8.88. The Morgan fingerprint density at radius 1 is 1.12 bits per heavy atom. The summed E-state index contributed by atoms with van der Waals surface area (Å²) in [5.74, 6) is -3.09. The maximum absolute atomic E-state index is 17.6. The van der Waals surface area contributed by atoms with Crippen LogP contribution in [-0.4, -0.2) is 77.5 Å². The van der Waals surface area contributed by atoms with Crippen molar-refractivity contribution in [3.05, 3.63) is 59.7 Å². The number of aliphatic hydroxyl groups excluding tert-OH is 1. The minimum absolute atomic E-state index is 0.0563. The van der Waals surface area contributed by atoms with Crippen molar-refractivity contribution in [2.75, 3.05) is 26.2 Å². The molecule has 1 N–H and O–H groups in total. The third kappa shape index (κ3) is 3.81. The maximum atomic E-state index is 17.6. The van der Waals surface area contributed by atoms with E-state index in [4.69, 9.17) is 4.74 Å². The first kappa shape index (κ1) is 29.1. The van der Waals surface area contributed by atoms with Crippen LogP contribution < -0.4 is 0 Å². The number of aliphatic hydroxyl groups is 1. The highest BCUT2D eigenvalue weighted by molar-refractivity contribution is 6.01. The molecule has 1 aromatic rings. The second-order valence-electron chi connectivity index (χ2n) is 13.4. The summed E-state index contributed by atoms with van der Waals surface area (Å²) in [4.78, 5) is 53.0. The topological polar surface area (TPSA) is 101 Å². The molecule has 9 heteroatoms. The molecule has 3 saturated carbocycles. The van der Waals surface area contributed by atoms with E-state index < -0.39 is 64.4 Å². The van der Waals surface area contributed by atoms with Gasteiger partial charge in [0.25, 0.3) is 0 Å². The molecule has 0 unspecified atom stereocenters. The molecule has 0 aromatic heterocycles. The summed E-state index contributed by atoms with van der Waals surface area (Å²) in [5, 5.41) is 11.7. The first-order chi connectivity index (χ1) is 19.8. The molecular formula is C33H37F2NO6. The number of ether oxygens (including phenoxy) is 1. The number of alkyl halides is 2. The molecular weight excluding hydrogens is 544 g/mol. The van der Waals surface area contributed by atoms with Crippen molar-refractivity contribution in [1.82, 2.24) is 4.90 Å². The van der Waals surface area contributed by atoms with Crippen LogP contribution in [0.4, 0.5) is 8.78 Å². The highest BCUT2D eigenvalue weighted by atomic mass is 19.1. The number of allylic oxidation sites excluding steroid dienone is 4. The molecule has 42 heavy (non-hydrogen) atoms. The van der Waals surface area contributed by atoms with Gasteiger partial charge in [-0.05, 0) is 61.2 Å². The number of ketones is 3. The molecule has 1 saturated heterocycles. The number of esters is 1. The van der Waals surface area contributed by atoms with E-state index in [1.165, 1.54) is 19.1 Å². The van der Waals surface area contributed by atoms with Crippen molar-refractivity contribution in [3.63, 3.8) is 0 Å². The molecule has 5 aliphatic rings. The highest BCUT2D eigenvalue weighted by Crippen LogP contribution is 2.74. The molecule has 1 heterocycles. The van der Waals surface area contributed by atoms with Gasteiger partial charge in [0.05, 0.1) is 18.1 Å². The Hall–Kier alpha value is -3.04. The van der Waals surface area contributed by atoms with Crippen LogP contribution in [0.5, 0.6) is 0 Å². The Kier molecular flexibility index (Phi) is 6.74. The minimum atomic E-state index is -2.25. The third-order valence-electron chi connectivity index (χ3n) is 11.6. The second-order valence-corrected chi connectivity index (χ2v) is 13.4. The van der Waals surface area contributed by atoms with E-state index in [9.17, 15) is 24.3 Å². The van der Waals surface area contributed by atoms with Gasteiger partial charge in [-0.3, -0.25) is 24.1 Å². The third-order valence-corrected chi connectivity index (χ3v) is 11.6. The van der Waals surface area contributed by atoms with Gasteiger partial charge in [0, 0.05) is 36.9 Å². The zero-order valence-corrected chi connectivity index (χ0v) is 24.1. The SMILES string of the molecule is CC(=O)OCC(=O)[C@@]12CN(CC(=O)c3ccccc3)C[C@@H]1C[C@H]1[C@@H]3C[C@H](F)C4=CC(=O)C=C[C@]4(C)[C@@]3(F)[C@@H](O)C[C@@]12C. The zero-order valence-electron chi connectivity index (χ0n) is 24.1. The lowest BCUT2D eigenvalue weighted by Gasteiger charge is -2.63. The number of benzene rings is 1. The van der Waals surface area contributed by atoms with Crippen LogP contribution in [0.3, 0.4) is 0 Å². The molecule has 4 aliphatic carbocycles. The Balaban J connectivity index is 1.38. The average Bonchev–Trinajstić information content (AvgIpc) is 3.42. The average molecular weight is 582 g/mol. The van der Waals surface area contributed by atoms with E-state index in [0.29, 0.717) is 18.5 Å². The van der Waals surface area contributed by atoms with Gasteiger partial charge in [-0.15, -0.1) is 0 Å². The minimum Gasteiger partial charge on any atom is -0.458 e. The molecule has 1 aliphatic heterocycles. The number of carbonyl (C=O) groups excluding carboxylic acids is 4. The van der Waals surface area contributed by atoms with Gasteiger partial charge in [-0.25, -0.2) is 8.78 Å². The smallest absolute Gasteiger partial charge is 0.303 e. The summed E-state index contributed by atoms with van der Waals surface area (Å²) >= 11 is 0. The van der Waals surface area contributed by atoms with E-state index in [2.05, 4.69) is 0 Å². The predicted octanol–water partition coefficient (Wildman–Crippen LogP) is 3.85. The van der Waals surface area contributed by atoms with Gasteiger partial charge < -0.3 is 9.84 Å². The Morgan fingerprint density at radius 3 is 2.52 bits per heavy atom. The van der Waals surface area contributed by atoms with Gasteiger partial charge in [0.2, 0.25) is 0 Å². The lowest BCUT2D eigenvalue weighted by atomic mass is 9.43. The van der Waals surface area contributed by atoms with Crippen LogP contribution in [0.2, 0.25) is 0 Å². The van der Waals surface area contributed by atoms with Crippen LogP contribution in [0.1, 0.15) is 50.4 Å². The normalized spacial score (nSPS) is 42.2. The van der Waals surface area contributed by atoms with Crippen LogP contribution in [0.25, 0.3) is 0 Å². The number of Topliss-reactive ketones (excluding diaryl/α,β-unsaturated/α-hetero) is 2. The van der Waals surface area contributed by atoms with Gasteiger partial charge in [0.15, 0.2) is 29.6 Å². The fraction of sp³-hybridized carbons (Fsp3) is 0.576. The van der Waals surface area contributed by atoms with Crippen LogP contribution in [-0.2, 0) is 19.1 Å². The molecule has 6 rings (SSSR count). The molecule has 0 amide bonds. The van der Waals surface area contributed by atoms with Crippen LogP contribution >= 0.6 is 0 Å². The molecule has 224 valence electrons. The van der Waals surface area contributed by atoms with Gasteiger partial charge >= 0.3 is 5.97 Å². The number of fused-ring (bicyclic) bond motifs is 7. The van der Waals surface area contributed by atoms with Crippen molar-refractivity contribution >= 4 is 23.3 Å². The van der Waals surface area contributed by atoms with Crippen molar-refractivity contribution < 1.29 is 37.8 Å². The van der Waals surface area contributed by atoms with Gasteiger partial charge in [-0.2, -0.15) is 0 Å². The predicted molar refractivity (Wildman–Crippen MR) is 149 cm³/mol. The summed E-state index contributed by atoms with van der Waals surface area (Å²) in [5.41, 5.74) is -5.23. The number of halogens is 2. The monoisotopic (exact) mass is 581 g/mol. The number of nitrogens with zero attached hydrogens (tertiary/aromatic N) is 1. The highest BCUT2D eigenvalue weighted by Gasteiger charge is 2.78. The lowest BCUT2D eigenvalue weighted by molar-refractivity contribution is -0.212. The van der Waals surface area contributed by atoms with Crippen molar-refractivity contribution in [3.8, 4) is 0 Å².